The van der Waals surface area contributed by atoms with Crippen molar-refractivity contribution in [3.63, 3.8) is 0 Å². The number of ether oxygens (including phenoxy) is 1. The van der Waals surface area contributed by atoms with Crippen LogP contribution in [-0.2, 0) is 11.3 Å². The summed E-state index contributed by atoms with van der Waals surface area (Å²) in [5.74, 6) is -0.263. The zero-order valence-electron chi connectivity index (χ0n) is 12.6. The lowest BCUT2D eigenvalue weighted by molar-refractivity contribution is 0.00618. The number of carbonyl (C=O) groups excluding carboxylic acids is 1. The van der Waals surface area contributed by atoms with Crippen molar-refractivity contribution in [3.8, 4) is 5.75 Å². The van der Waals surface area contributed by atoms with Crippen molar-refractivity contribution >= 4 is 5.97 Å². The Morgan fingerprint density at radius 2 is 1.90 bits per heavy atom. The second-order valence-corrected chi connectivity index (χ2v) is 5.85. The summed E-state index contributed by atoms with van der Waals surface area (Å²) < 4.78 is 6.93. The Morgan fingerprint density at radius 3 is 2.48 bits per heavy atom. The number of esters is 1. The van der Waals surface area contributed by atoms with Gasteiger partial charge in [0.15, 0.2) is 5.69 Å². The van der Waals surface area contributed by atoms with Crippen molar-refractivity contribution < 1.29 is 14.6 Å². The number of phenolic OH excluding ortho intramolecular Hbond substituents is 1. The fourth-order valence-corrected chi connectivity index (χ4v) is 1.80. The molecule has 0 spiro atoms. The number of phenols is 1. The lowest BCUT2D eigenvalue weighted by Gasteiger charge is -2.18. The predicted molar refractivity (Wildman–Crippen MR) is 77.1 cm³/mol. The Kier molecular flexibility index (Phi) is 3.97. The van der Waals surface area contributed by atoms with Gasteiger partial charge in [-0.15, -0.1) is 5.10 Å². The third kappa shape index (κ3) is 3.81. The number of benzene rings is 1. The fraction of sp³-hybridized carbons (Fsp3) is 0.400. The molecular weight excluding hydrogens is 270 g/mol. The molecule has 1 heterocycles. The van der Waals surface area contributed by atoms with Crippen LogP contribution in [0.25, 0.3) is 0 Å². The number of hydrogen-bond acceptors (Lipinski definition) is 5. The summed E-state index contributed by atoms with van der Waals surface area (Å²) in [4.78, 5) is 12.0. The van der Waals surface area contributed by atoms with Gasteiger partial charge in [0.1, 0.15) is 11.4 Å². The van der Waals surface area contributed by atoms with Gasteiger partial charge in [-0.1, -0.05) is 17.3 Å². The number of aromatic nitrogens is 3. The lowest BCUT2D eigenvalue weighted by Crippen LogP contribution is -2.24. The van der Waals surface area contributed by atoms with E-state index in [1.54, 1.807) is 56.6 Å². The van der Waals surface area contributed by atoms with Crippen LogP contribution in [0.5, 0.6) is 5.75 Å². The molecule has 1 N–H and O–H groups in total. The number of rotatable bonds is 3. The van der Waals surface area contributed by atoms with E-state index in [1.807, 2.05) is 0 Å². The summed E-state index contributed by atoms with van der Waals surface area (Å²) >= 11 is 0. The van der Waals surface area contributed by atoms with Gasteiger partial charge in [0.2, 0.25) is 0 Å². The van der Waals surface area contributed by atoms with Crippen molar-refractivity contribution in [2.75, 3.05) is 0 Å². The van der Waals surface area contributed by atoms with E-state index in [0.29, 0.717) is 12.2 Å². The van der Waals surface area contributed by atoms with Crippen molar-refractivity contribution in [2.45, 2.75) is 39.8 Å². The average Bonchev–Trinajstić information content (AvgIpc) is 2.72. The maximum atomic E-state index is 12.0. The molecule has 0 fully saturated rings. The molecule has 0 saturated heterocycles. The molecule has 0 aliphatic heterocycles. The van der Waals surface area contributed by atoms with Crippen molar-refractivity contribution in [1.82, 2.24) is 15.0 Å². The first-order valence-corrected chi connectivity index (χ1v) is 6.67. The Morgan fingerprint density at radius 1 is 1.29 bits per heavy atom. The standard InChI is InChI=1S/C15H19N3O3/c1-10-13(14(20)21-15(2,3)4)16-17-18(10)9-11-5-7-12(19)8-6-11/h5-8,19H,9H2,1-4H3. The SMILES string of the molecule is Cc1c(C(=O)OC(C)(C)C)nnn1Cc1ccc(O)cc1. The van der Waals surface area contributed by atoms with Crippen LogP contribution in [0.15, 0.2) is 24.3 Å². The Hall–Kier alpha value is -2.37. The van der Waals surface area contributed by atoms with Gasteiger partial charge in [-0.25, -0.2) is 9.48 Å². The summed E-state index contributed by atoms with van der Waals surface area (Å²) in [6.45, 7) is 7.67. The van der Waals surface area contributed by atoms with Gasteiger partial charge in [0, 0.05) is 0 Å². The summed E-state index contributed by atoms with van der Waals surface area (Å²) in [5, 5.41) is 17.2. The monoisotopic (exact) mass is 289 g/mol. The second-order valence-electron chi connectivity index (χ2n) is 5.85. The van der Waals surface area contributed by atoms with Crippen LogP contribution in [-0.4, -0.2) is 31.7 Å². The minimum Gasteiger partial charge on any atom is -0.508 e. The molecule has 0 atom stereocenters. The van der Waals surface area contributed by atoms with Gasteiger partial charge in [-0.05, 0) is 45.4 Å². The minimum absolute atomic E-state index is 0.212. The summed E-state index contributed by atoms with van der Waals surface area (Å²) in [5.41, 5.74) is 1.27. The molecule has 0 bridgehead atoms. The highest BCUT2D eigenvalue weighted by Crippen LogP contribution is 2.15. The van der Waals surface area contributed by atoms with Crippen molar-refractivity contribution in [2.24, 2.45) is 0 Å². The second kappa shape index (κ2) is 5.55. The number of nitrogens with zero attached hydrogens (tertiary/aromatic N) is 3. The van der Waals surface area contributed by atoms with E-state index in [9.17, 15) is 9.90 Å². The highest BCUT2D eigenvalue weighted by Gasteiger charge is 2.23. The maximum Gasteiger partial charge on any atom is 0.361 e. The molecular formula is C15H19N3O3. The Balaban J connectivity index is 2.17. The highest BCUT2D eigenvalue weighted by molar-refractivity contribution is 5.88. The first kappa shape index (κ1) is 15.0. The van der Waals surface area contributed by atoms with Crippen LogP contribution in [0.2, 0.25) is 0 Å². The van der Waals surface area contributed by atoms with E-state index in [-0.39, 0.29) is 11.4 Å². The molecule has 1 aromatic heterocycles. The summed E-state index contributed by atoms with van der Waals surface area (Å²) in [6.07, 6.45) is 0. The summed E-state index contributed by atoms with van der Waals surface area (Å²) in [6, 6.07) is 6.81. The first-order valence-electron chi connectivity index (χ1n) is 6.67. The molecule has 2 rings (SSSR count). The molecule has 2 aromatic rings. The maximum absolute atomic E-state index is 12.0. The number of hydrogen-bond donors (Lipinski definition) is 1. The van der Waals surface area contributed by atoms with Crippen LogP contribution in [0.4, 0.5) is 0 Å². The van der Waals surface area contributed by atoms with Gasteiger partial charge in [0.25, 0.3) is 0 Å². The molecule has 0 saturated carbocycles. The minimum atomic E-state index is -0.565. The molecule has 0 radical (unpaired) electrons. The van der Waals surface area contributed by atoms with Crippen LogP contribution < -0.4 is 0 Å². The van der Waals surface area contributed by atoms with Crippen LogP contribution in [0.1, 0.15) is 42.5 Å². The van der Waals surface area contributed by atoms with Crippen molar-refractivity contribution in [1.29, 1.82) is 0 Å². The van der Waals surface area contributed by atoms with Crippen LogP contribution in [0, 0.1) is 6.92 Å². The quantitative estimate of drug-likeness (QED) is 0.877. The third-order valence-electron chi connectivity index (χ3n) is 2.84. The smallest absolute Gasteiger partial charge is 0.361 e. The number of carbonyl (C=O) groups is 1. The van der Waals surface area contributed by atoms with Gasteiger partial charge in [-0.2, -0.15) is 0 Å². The van der Waals surface area contributed by atoms with E-state index in [4.69, 9.17) is 4.74 Å². The lowest BCUT2D eigenvalue weighted by atomic mass is 10.2. The molecule has 0 aliphatic rings. The molecule has 1 aromatic carbocycles. The van der Waals surface area contributed by atoms with E-state index in [1.165, 1.54) is 0 Å². The molecule has 0 unspecified atom stereocenters. The molecule has 21 heavy (non-hydrogen) atoms. The van der Waals surface area contributed by atoms with Crippen LogP contribution in [0.3, 0.4) is 0 Å². The zero-order chi connectivity index (χ0) is 15.6. The summed E-state index contributed by atoms with van der Waals surface area (Å²) in [7, 11) is 0. The fourth-order valence-electron chi connectivity index (χ4n) is 1.80. The normalized spacial score (nSPS) is 11.4. The van der Waals surface area contributed by atoms with Gasteiger partial charge in [0.05, 0.1) is 12.2 Å². The molecule has 112 valence electrons. The Labute approximate surface area is 123 Å². The van der Waals surface area contributed by atoms with E-state index < -0.39 is 11.6 Å². The van der Waals surface area contributed by atoms with E-state index in [0.717, 1.165) is 5.56 Å². The zero-order valence-corrected chi connectivity index (χ0v) is 12.6. The van der Waals surface area contributed by atoms with Crippen LogP contribution >= 0.6 is 0 Å². The van der Waals surface area contributed by atoms with Gasteiger partial charge < -0.3 is 9.84 Å². The molecule has 0 amide bonds. The molecule has 0 aliphatic carbocycles. The van der Waals surface area contributed by atoms with Gasteiger partial charge in [-0.3, -0.25) is 0 Å². The van der Waals surface area contributed by atoms with E-state index in [2.05, 4.69) is 10.3 Å². The third-order valence-corrected chi connectivity index (χ3v) is 2.84. The Bertz CT molecular complexity index is 639. The molecule has 6 heteroatoms. The highest BCUT2D eigenvalue weighted by atomic mass is 16.6. The molecule has 6 nitrogen and oxygen atoms in total. The number of aromatic hydroxyl groups is 1. The average molecular weight is 289 g/mol. The van der Waals surface area contributed by atoms with Crippen molar-refractivity contribution in [3.05, 3.63) is 41.2 Å². The predicted octanol–water partition coefficient (Wildman–Crippen LogP) is 2.30. The first-order chi connectivity index (χ1) is 9.76. The largest absolute Gasteiger partial charge is 0.508 e. The topological polar surface area (TPSA) is 77.2 Å². The van der Waals surface area contributed by atoms with E-state index >= 15 is 0 Å². The van der Waals surface area contributed by atoms with Gasteiger partial charge >= 0.3 is 5.97 Å².